The van der Waals surface area contributed by atoms with E-state index >= 15 is 0 Å². The summed E-state index contributed by atoms with van der Waals surface area (Å²) in [5.41, 5.74) is 3.67. The molecule has 2 aromatic carbocycles. The number of hydrogen-bond donors (Lipinski definition) is 0. The highest BCUT2D eigenvalue weighted by atomic mass is 15.4. The molecule has 2 nitrogen and oxygen atoms in total. The van der Waals surface area contributed by atoms with Gasteiger partial charge in [0, 0.05) is 19.2 Å². The molecular formula is C18H22N2. The summed E-state index contributed by atoms with van der Waals surface area (Å²) in [4.78, 5) is 0. The molecule has 0 aromatic heterocycles. The molecule has 0 heterocycles. The lowest BCUT2D eigenvalue weighted by molar-refractivity contribution is 0.930. The van der Waals surface area contributed by atoms with Gasteiger partial charge >= 0.3 is 0 Å². The van der Waals surface area contributed by atoms with E-state index in [1.807, 2.05) is 30.3 Å². The van der Waals surface area contributed by atoms with Crippen molar-refractivity contribution in [2.45, 2.75) is 26.2 Å². The number of hydrogen-bond acceptors (Lipinski definition) is 2. The Labute approximate surface area is 121 Å². The zero-order valence-corrected chi connectivity index (χ0v) is 12.3. The highest BCUT2D eigenvalue weighted by molar-refractivity contribution is 5.87. The Bertz CT molecular complexity index is 532. The third kappa shape index (κ3) is 4.23. The zero-order chi connectivity index (χ0) is 14.2. The van der Waals surface area contributed by atoms with Crippen molar-refractivity contribution in [2.24, 2.45) is 5.10 Å². The third-order valence-electron chi connectivity index (χ3n) is 3.21. The highest BCUT2D eigenvalue weighted by Gasteiger charge is 2.04. The standard InChI is InChI=1S/C18H22N2/c1-3-10-17(15-16-11-6-4-7-12-16)19-20(2)18-13-8-5-9-14-18/h4-9,11-14H,3,10,15H2,1-2H3/b19-17-. The van der Waals surface area contributed by atoms with Crippen molar-refractivity contribution < 1.29 is 0 Å². The van der Waals surface area contributed by atoms with E-state index in [2.05, 4.69) is 49.4 Å². The highest BCUT2D eigenvalue weighted by Crippen LogP contribution is 2.13. The van der Waals surface area contributed by atoms with Crippen LogP contribution in [0.5, 0.6) is 0 Å². The fourth-order valence-electron chi connectivity index (χ4n) is 2.21. The molecule has 0 saturated carbocycles. The van der Waals surface area contributed by atoms with Crippen molar-refractivity contribution in [1.29, 1.82) is 0 Å². The first-order valence-electron chi connectivity index (χ1n) is 7.18. The molecule has 2 aromatic rings. The van der Waals surface area contributed by atoms with Crippen molar-refractivity contribution in [3.63, 3.8) is 0 Å². The SMILES string of the molecule is CCC/C(Cc1ccccc1)=N/N(C)c1ccccc1. The van der Waals surface area contributed by atoms with Crippen LogP contribution >= 0.6 is 0 Å². The summed E-state index contributed by atoms with van der Waals surface area (Å²) in [5, 5.41) is 6.75. The molecule has 0 aliphatic carbocycles. The molecule has 0 aliphatic heterocycles. The van der Waals surface area contributed by atoms with Crippen molar-refractivity contribution in [3.8, 4) is 0 Å². The van der Waals surface area contributed by atoms with E-state index in [0.29, 0.717) is 0 Å². The van der Waals surface area contributed by atoms with Gasteiger partial charge in [-0.3, -0.25) is 5.01 Å². The lowest BCUT2D eigenvalue weighted by Gasteiger charge is -2.16. The van der Waals surface area contributed by atoms with Gasteiger partial charge in [0.15, 0.2) is 0 Å². The van der Waals surface area contributed by atoms with E-state index in [9.17, 15) is 0 Å². The number of para-hydroxylation sites is 1. The Morgan fingerprint density at radius 2 is 1.55 bits per heavy atom. The molecule has 0 aliphatic rings. The Morgan fingerprint density at radius 3 is 2.15 bits per heavy atom. The summed E-state index contributed by atoms with van der Waals surface area (Å²) in [5.74, 6) is 0. The van der Waals surface area contributed by atoms with Crippen LogP contribution in [0.15, 0.2) is 65.8 Å². The van der Waals surface area contributed by atoms with E-state index in [1.54, 1.807) is 0 Å². The Morgan fingerprint density at radius 1 is 0.950 bits per heavy atom. The summed E-state index contributed by atoms with van der Waals surface area (Å²) in [6, 6.07) is 20.8. The van der Waals surface area contributed by atoms with Gasteiger partial charge in [-0.15, -0.1) is 0 Å². The number of benzene rings is 2. The molecule has 0 spiro atoms. The smallest absolute Gasteiger partial charge is 0.0590 e. The number of rotatable bonds is 6. The Hall–Kier alpha value is -2.09. The Kier molecular flexibility index (Phi) is 5.36. The maximum absolute atomic E-state index is 4.78. The van der Waals surface area contributed by atoms with Gasteiger partial charge in [0.05, 0.1) is 5.69 Å². The van der Waals surface area contributed by atoms with Crippen molar-refractivity contribution in [3.05, 3.63) is 66.2 Å². The largest absolute Gasteiger partial charge is 0.269 e. The van der Waals surface area contributed by atoms with Gasteiger partial charge in [0.25, 0.3) is 0 Å². The van der Waals surface area contributed by atoms with Gasteiger partial charge in [-0.1, -0.05) is 61.9 Å². The number of hydrazone groups is 1. The van der Waals surface area contributed by atoms with E-state index in [4.69, 9.17) is 5.10 Å². The second-order valence-electron chi connectivity index (χ2n) is 4.94. The molecule has 0 bridgehead atoms. The van der Waals surface area contributed by atoms with Gasteiger partial charge in [0.2, 0.25) is 0 Å². The van der Waals surface area contributed by atoms with Gasteiger partial charge in [-0.05, 0) is 24.1 Å². The first-order chi connectivity index (χ1) is 9.79. The normalized spacial score (nSPS) is 11.4. The van der Waals surface area contributed by atoms with Crippen LogP contribution in [0.25, 0.3) is 0 Å². The topological polar surface area (TPSA) is 15.6 Å². The minimum absolute atomic E-state index is 0.922. The van der Waals surface area contributed by atoms with Crippen molar-refractivity contribution >= 4 is 11.4 Å². The van der Waals surface area contributed by atoms with Crippen molar-refractivity contribution in [2.75, 3.05) is 12.1 Å². The van der Waals surface area contributed by atoms with Crippen molar-refractivity contribution in [1.82, 2.24) is 0 Å². The maximum Gasteiger partial charge on any atom is 0.0590 e. The summed E-state index contributed by atoms with van der Waals surface area (Å²) in [7, 11) is 2.01. The Balaban J connectivity index is 2.13. The van der Waals surface area contributed by atoms with Gasteiger partial charge < -0.3 is 0 Å². The number of nitrogens with zero attached hydrogens (tertiary/aromatic N) is 2. The second-order valence-corrected chi connectivity index (χ2v) is 4.94. The summed E-state index contributed by atoms with van der Waals surface area (Å²) >= 11 is 0. The molecule has 2 heteroatoms. The minimum Gasteiger partial charge on any atom is -0.269 e. The second kappa shape index (κ2) is 7.49. The lowest BCUT2D eigenvalue weighted by Crippen LogP contribution is -2.14. The summed E-state index contributed by atoms with van der Waals surface area (Å²) < 4.78 is 0. The molecular weight excluding hydrogens is 244 g/mol. The van der Waals surface area contributed by atoms with Crippen LogP contribution in [0.1, 0.15) is 25.3 Å². The molecule has 0 N–H and O–H groups in total. The van der Waals surface area contributed by atoms with Gasteiger partial charge in [-0.2, -0.15) is 5.10 Å². The molecule has 0 radical (unpaired) electrons. The van der Waals surface area contributed by atoms with Crippen LogP contribution in [0, 0.1) is 0 Å². The summed E-state index contributed by atoms with van der Waals surface area (Å²) in [6.45, 7) is 2.20. The average molecular weight is 266 g/mol. The van der Waals surface area contributed by atoms with Crippen LogP contribution in [0.3, 0.4) is 0 Å². The third-order valence-corrected chi connectivity index (χ3v) is 3.21. The van der Waals surface area contributed by atoms with Crippen LogP contribution in [-0.4, -0.2) is 12.8 Å². The van der Waals surface area contributed by atoms with Gasteiger partial charge in [-0.25, -0.2) is 0 Å². The molecule has 0 amide bonds. The monoisotopic (exact) mass is 266 g/mol. The molecule has 0 fully saturated rings. The fraction of sp³-hybridized carbons (Fsp3) is 0.278. The lowest BCUT2D eigenvalue weighted by atomic mass is 10.1. The molecule has 0 unspecified atom stereocenters. The first kappa shape index (κ1) is 14.3. The molecule has 0 saturated heterocycles. The predicted molar refractivity (Wildman–Crippen MR) is 87.3 cm³/mol. The van der Waals surface area contributed by atoms with E-state index in [0.717, 1.165) is 24.9 Å². The van der Waals surface area contributed by atoms with E-state index < -0.39 is 0 Å². The number of anilines is 1. The van der Waals surface area contributed by atoms with Crippen LogP contribution in [-0.2, 0) is 6.42 Å². The minimum atomic E-state index is 0.922. The van der Waals surface area contributed by atoms with Gasteiger partial charge in [0.1, 0.15) is 0 Å². The van der Waals surface area contributed by atoms with E-state index in [1.165, 1.54) is 11.3 Å². The zero-order valence-electron chi connectivity index (χ0n) is 12.3. The molecule has 0 atom stereocenters. The fourth-order valence-corrected chi connectivity index (χ4v) is 2.21. The first-order valence-corrected chi connectivity index (χ1v) is 7.18. The van der Waals surface area contributed by atoms with Crippen LogP contribution in [0.2, 0.25) is 0 Å². The average Bonchev–Trinajstić information content (AvgIpc) is 2.49. The van der Waals surface area contributed by atoms with E-state index in [-0.39, 0.29) is 0 Å². The maximum atomic E-state index is 4.78. The molecule has 20 heavy (non-hydrogen) atoms. The summed E-state index contributed by atoms with van der Waals surface area (Å²) in [6.07, 6.45) is 3.08. The quantitative estimate of drug-likeness (QED) is 0.554. The molecule has 2 rings (SSSR count). The van der Waals surface area contributed by atoms with Crippen LogP contribution in [0.4, 0.5) is 5.69 Å². The van der Waals surface area contributed by atoms with Crippen LogP contribution < -0.4 is 5.01 Å². The predicted octanol–water partition coefficient (Wildman–Crippen LogP) is 4.52. The molecule has 104 valence electrons.